The summed E-state index contributed by atoms with van der Waals surface area (Å²) < 4.78 is 13.5. The van der Waals surface area contributed by atoms with Crippen LogP contribution in [-0.2, 0) is 11.3 Å². The molecule has 5 heteroatoms. The molecule has 2 fully saturated rings. The van der Waals surface area contributed by atoms with Crippen molar-refractivity contribution in [2.75, 3.05) is 19.6 Å². The van der Waals surface area contributed by atoms with Crippen LogP contribution in [0.5, 0.6) is 0 Å². The molecule has 1 saturated carbocycles. The van der Waals surface area contributed by atoms with Crippen molar-refractivity contribution in [1.82, 2.24) is 10.2 Å². The number of nitrogens with one attached hydrogen (secondary N) is 1. The van der Waals surface area contributed by atoms with Gasteiger partial charge in [-0.1, -0.05) is 31.0 Å². The summed E-state index contributed by atoms with van der Waals surface area (Å²) in [6.07, 6.45) is 5.57. The van der Waals surface area contributed by atoms with Gasteiger partial charge in [0.25, 0.3) is 0 Å². The first kappa shape index (κ1) is 17.4. The summed E-state index contributed by atoms with van der Waals surface area (Å²) in [7, 11) is 0. The molecule has 1 aromatic carbocycles. The van der Waals surface area contributed by atoms with Crippen molar-refractivity contribution < 1.29 is 14.3 Å². The fraction of sp³-hybridized carbons (Fsp3) is 0.632. The molecule has 0 radical (unpaired) electrons. The maximum Gasteiger partial charge on any atom is 0.221 e. The second kappa shape index (κ2) is 7.62. The third kappa shape index (κ3) is 4.14. The molecule has 0 spiro atoms. The van der Waals surface area contributed by atoms with Crippen molar-refractivity contribution in [3.05, 3.63) is 35.6 Å². The molecule has 3 rings (SSSR count). The van der Waals surface area contributed by atoms with Gasteiger partial charge in [-0.2, -0.15) is 0 Å². The third-order valence-corrected chi connectivity index (χ3v) is 5.60. The third-order valence-electron chi connectivity index (χ3n) is 5.60. The molecule has 1 aliphatic carbocycles. The number of aliphatic hydroxyl groups is 1. The van der Waals surface area contributed by atoms with Gasteiger partial charge in [-0.25, -0.2) is 4.39 Å². The number of hydrogen-bond acceptors (Lipinski definition) is 3. The van der Waals surface area contributed by atoms with Crippen LogP contribution in [0.15, 0.2) is 24.3 Å². The number of hydrogen-bond donors (Lipinski definition) is 2. The number of likely N-dealkylation sites (tertiary alicyclic amines) is 1. The van der Waals surface area contributed by atoms with E-state index in [1.807, 2.05) is 0 Å². The monoisotopic (exact) mass is 334 g/mol. The van der Waals surface area contributed by atoms with Crippen molar-refractivity contribution in [3.63, 3.8) is 0 Å². The summed E-state index contributed by atoms with van der Waals surface area (Å²) in [5, 5.41) is 13.5. The van der Waals surface area contributed by atoms with Gasteiger partial charge in [0.05, 0.1) is 5.60 Å². The second-order valence-corrected chi connectivity index (χ2v) is 7.22. The topological polar surface area (TPSA) is 52.6 Å². The van der Waals surface area contributed by atoms with E-state index in [-0.39, 0.29) is 18.3 Å². The number of carbonyl (C=O) groups is 1. The van der Waals surface area contributed by atoms with Crippen LogP contribution < -0.4 is 5.32 Å². The highest BCUT2D eigenvalue weighted by Gasteiger charge is 2.42. The van der Waals surface area contributed by atoms with Crippen LogP contribution >= 0.6 is 0 Å². The van der Waals surface area contributed by atoms with E-state index in [0.29, 0.717) is 24.4 Å². The SMILES string of the molecule is O=C(CCN1CC[C@@]2(O)CCCC[C@H]2C1)NCc1ccccc1F. The van der Waals surface area contributed by atoms with E-state index < -0.39 is 5.60 Å². The van der Waals surface area contributed by atoms with Crippen LogP contribution in [0.1, 0.15) is 44.1 Å². The van der Waals surface area contributed by atoms with Gasteiger partial charge in [-0.15, -0.1) is 0 Å². The van der Waals surface area contributed by atoms with Crippen molar-refractivity contribution in [2.24, 2.45) is 5.92 Å². The summed E-state index contributed by atoms with van der Waals surface area (Å²) in [6, 6.07) is 6.50. The van der Waals surface area contributed by atoms with Crippen molar-refractivity contribution in [1.29, 1.82) is 0 Å². The van der Waals surface area contributed by atoms with Gasteiger partial charge >= 0.3 is 0 Å². The second-order valence-electron chi connectivity index (χ2n) is 7.22. The quantitative estimate of drug-likeness (QED) is 0.870. The van der Waals surface area contributed by atoms with Gasteiger partial charge in [0, 0.05) is 44.1 Å². The van der Waals surface area contributed by atoms with Crippen molar-refractivity contribution in [3.8, 4) is 0 Å². The lowest BCUT2D eigenvalue weighted by Gasteiger charge is -2.47. The molecule has 2 atom stereocenters. The summed E-state index contributed by atoms with van der Waals surface area (Å²) in [6.45, 7) is 2.67. The summed E-state index contributed by atoms with van der Waals surface area (Å²) in [4.78, 5) is 14.3. The van der Waals surface area contributed by atoms with Gasteiger partial charge < -0.3 is 15.3 Å². The highest BCUT2D eigenvalue weighted by atomic mass is 19.1. The van der Waals surface area contributed by atoms with Gasteiger partial charge in [-0.3, -0.25) is 4.79 Å². The van der Waals surface area contributed by atoms with Crippen LogP contribution in [0, 0.1) is 11.7 Å². The van der Waals surface area contributed by atoms with Gasteiger partial charge in [0.1, 0.15) is 5.82 Å². The number of nitrogens with zero attached hydrogens (tertiary/aromatic N) is 1. The lowest BCUT2D eigenvalue weighted by molar-refractivity contribution is -0.122. The van der Waals surface area contributed by atoms with E-state index >= 15 is 0 Å². The number of carbonyl (C=O) groups excluding carboxylic acids is 1. The van der Waals surface area contributed by atoms with E-state index in [4.69, 9.17) is 0 Å². The average molecular weight is 334 g/mol. The molecule has 2 N–H and O–H groups in total. The van der Waals surface area contributed by atoms with E-state index in [9.17, 15) is 14.3 Å². The van der Waals surface area contributed by atoms with Gasteiger partial charge in [-0.05, 0) is 25.3 Å². The molecule has 0 bridgehead atoms. The van der Waals surface area contributed by atoms with Gasteiger partial charge in [0.15, 0.2) is 0 Å². The van der Waals surface area contributed by atoms with Crippen LogP contribution in [-0.4, -0.2) is 41.1 Å². The number of benzene rings is 1. The highest BCUT2D eigenvalue weighted by molar-refractivity contribution is 5.76. The first-order valence-electron chi connectivity index (χ1n) is 9.02. The maximum atomic E-state index is 13.5. The van der Waals surface area contributed by atoms with Crippen molar-refractivity contribution in [2.45, 2.75) is 50.7 Å². The van der Waals surface area contributed by atoms with E-state index in [2.05, 4.69) is 10.2 Å². The van der Waals surface area contributed by atoms with Crippen LogP contribution in [0.2, 0.25) is 0 Å². The molecule has 1 saturated heterocycles. The summed E-state index contributed by atoms with van der Waals surface area (Å²) in [5.41, 5.74) is 0.0399. The highest BCUT2D eigenvalue weighted by Crippen LogP contribution is 2.39. The van der Waals surface area contributed by atoms with E-state index in [1.165, 1.54) is 12.5 Å². The average Bonchev–Trinajstić information content (AvgIpc) is 2.59. The first-order chi connectivity index (χ1) is 11.6. The predicted molar refractivity (Wildman–Crippen MR) is 90.8 cm³/mol. The summed E-state index contributed by atoms with van der Waals surface area (Å²) in [5.74, 6) is 0.00891. The molecule has 1 heterocycles. The Hall–Kier alpha value is -1.46. The molecular weight excluding hydrogens is 307 g/mol. The Morgan fingerprint density at radius 3 is 3.00 bits per heavy atom. The number of rotatable bonds is 5. The Morgan fingerprint density at radius 2 is 2.17 bits per heavy atom. The number of amides is 1. The number of fused-ring (bicyclic) bond motifs is 1. The fourth-order valence-corrected chi connectivity index (χ4v) is 4.03. The molecular formula is C19H27FN2O2. The molecule has 1 aliphatic heterocycles. The van der Waals surface area contributed by atoms with Crippen LogP contribution in [0.3, 0.4) is 0 Å². The van der Waals surface area contributed by atoms with Crippen LogP contribution in [0.4, 0.5) is 4.39 Å². The van der Waals surface area contributed by atoms with E-state index in [1.54, 1.807) is 18.2 Å². The minimum Gasteiger partial charge on any atom is -0.390 e. The molecule has 1 amide bonds. The Balaban J connectivity index is 1.41. The molecule has 4 nitrogen and oxygen atoms in total. The van der Waals surface area contributed by atoms with E-state index in [0.717, 1.165) is 38.8 Å². The molecule has 1 aromatic rings. The maximum absolute atomic E-state index is 13.5. The first-order valence-corrected chi connectivity index (χ1v) is 9.02. The van der Waals surface area contributed by atoms with Crippen molar-refractivity contribution >= 4 is 5.91 Å². The zero-order chi connectivity index (χ0) is 17.0. The Morgan fingerprint density at radius 1 is 1.33 bits per heavy atom. The predicted octanol–water partition coefficient (Wildman–Crippen LogP) is 2.46. The molecule has 0 aromatic heterocycles. The largest absolute Gasteiger partial charge is 0.390 e. The molecule has 24 heavy (non-hydrogen) atoms. The minimum absolute atomic E-state index is 0.0530. The number of piperidine rings is 1. The Kier molecular flexibility index (Phi) is 5.51. The Bertz CT molecular complexity index is 580. The Labute approximate surface area is 143 Å². The zero-order valence-corrected chi connectivity index (χ0v) is 14.1. The normalized spacial score (nSPS) is 27.5. The van der Waals surface area contributed by atoms with Crippen LogP contribution in [0.25, 0.3) is 0 Å². The molecule has 0 unspecified atom stereocenters. The minimum atomic E-state index is -0.470. The molecule has 132 valence electrons. The lowest BCUT2D eigenvalue weighted by atomic mass is 9.71. The van der Waals surface area contributed by atoms with Gasteiger partial charge in [0.2, 0.25) is 5.91 Å². The number of halogens is 1. The zero-order valence-electron chi connectivity index (χ0n) is 14.1. The fourth-order valence-electron chi connectivity index (χ4n) is 4.03. The molecule has 2 aliphatic rings. The standard InChI is InChI=1S/C19H27FN2O2/c20-17-7-2-1-5-15(17)13-21-18(23)8-11-22-12-10-19(24)9-4-3-6-16(19)14-22/h1-2,5,7,16,24H,3-4,6,8-14H2,(H,21,23)/t16-,19-/m0/s1. The lowest BCUT2D eigenvalue weighted by Crippen LogP contribution is -2.53. The smallest absolute Gasteiger partial charge is 0.221 e. The summed E-state index contributed by atoms with van der Waals surface area (Å²) >= 11 is 0.